The standard InChI is InChI=1S/C18H17ClN2O4S/c1-3-10-20-18(23)13-6-4-5-7-15(13)21-17(22)12-8-9-14(19)16(11-12)26(2,24)25/h3-9,11H,1,10H2,2H3,(H,20,23)(H,21,22). The molecule has 0 aromatic heterocycles. The van der Waals surface area contributed by atoms with Crippen LogP contribution in [0, 0.1) is 0 Å². The molecular formula is C18H17ClN2O4S. The number of benzene rings is 2. The normalized spacial score (nSPS) is 10.8. The van der Waals surface area contributed by atoms with E-state index in [1.807, 2.05) is 0 Å². The van der Waals surface area contributed by atoms with Crippen molar-refractivity contribution in [1.82, 2.24) is 5.32 Å². The molecule has 26 heavy (non-hydrogen) atoms. The van der Waals surface area contributed by atoms with Gasteiger partial charge in [-0.2, -0.15) is 0 Å². The van der Waals surface area contributed by atoms with Gasteiger partial charge < -0.3 is 10.6 Å². The average molecular weight is 393 g/mol. The number of nitrogens with one attached hydrogen (secondary N) is 2. The number of amides is 2. The first kappa shape index (κ1) is 19.7. The van der Waals surface area contributed by atoms with Crippen LogP contribution in [-0.4, -0.2) is 33.0 Å². The predicted octanol–water partition coefficient (Wildman–Crippen LogP) is 2.91. The Morgan fingerprint density at radius 3 is 2.50 bits per heavy atom. The topological polar surface area (TPSA) is 92.3 Å². The van der Waals surface area contributed by atoms with E-state index in [-0.39, 0.29) is 33.5 Å². The van der Waals surface area contributed by atoms with Crippen molar-refractivity contribution in [3.63, 3.8) is 0 Å². The summed E-state index contributed by atoms with van der Waals surface area (Å²) in [6, 6.07) is 10.4. The molecule has 0 aliphatic heterocycles. The van der Waals surface area contributed by atoms with Crippen molar-refractivity contribution in [3.05, 3.63) is 71.3 Å². The van der Waals surface area contributed by atoms with E-state index in [2.05, 4.69) is 17.2 Å². The van der Waals surface area contributed by atoms with Gasteiger partial charge in [-0.1, -0.05) is 29.8 Å². The Kier molecular flexibility index (Phi) is 6.18. The predicted molar refractivity (Wildman–Crippen MR) is 101 cm³/mol. The Morgan fingerprint density at radius 1 is 1.15 bits per heavy atom. The molecule has 2 N–H and O–H groups in total. The van der Waals surface area contributed by atoms with E-state index in [9.17, 15) is 18.0 Å². The van der Waals surface area contributed by atoms with Gasteiger partial charge in [0.05, 0.1) is 21.2 Å². The molecule has 2 rings (SSSR count). The lowest BCUT2D eigenvalue weighted by atomic mass is 10.1. The highest BCUT2D eigenvalue weighted by molar-refractivity contribution is 7.90. The van der Waals surface area contributed by atoms with Gasteiger partial charge in [0.1, 0.15) is 0 Å². The van der Waals surface area contributed by atoms with E-state index >= 15 is 0 Å². The zero-order valence-corrected chi connectivity index (χ0v) is 15.5. The van der Waals surface area contributed by atoms with Gasteiger partial charge in [0, 0.05) is 18.4 Å². The molecule has 2 aromatic rings. The second-order valence-corrected chi connectivity index (χ2v) is 7.81. The van der Waals surface area contributed by atoms with Crippen LogP contribution in [0.25, 0.3) is 0 Å². The minimum absolute atomic E-state index is 0.0354. The molecule has 0 radical (unpaired) electrons. The molecule has 0 fully saturated rings. The Hall–Kier alpha value is -2.64. The Morgan fingerprint density at radius 2 is 1.85 bits per heavy atom. The number of para-hydroxylation sites is 1. The molecule has 2 aromatic carbocycles. The molecule has 0 aliphatic rings. The highest BCUT2D eigenvalue weighted by atomic mass is 35.5. The summed E-state index contributed by atoms with van der Waals surface area (Å²) >= 11 is 5.89. The van der Waals surface area contributed by atoms with Crippen LogP contribution in [0.5, 0.6) is 0 Å². The summed E-state index contributed by atoms with van der Waals surface area (Å²) in [5.41, 5.74) is 0.686. The van der Waals surface area contributed by atoms with Crippen LogP contribution in [0.2, 0.25) is 5.02 Å². The number of sulfone groups is 1. The SMILES string of the molecule is C=CCNC(=O)c1ccccc1NC(=O)c1ccc(Cl)c(S(C)(=O)=O)c1. The van der Waals surface area contributed by atoms with Crippen molar-refractivity contribution in [2.75, 3.05) is 18.1 Å². The van der Waals surface area contributed by atoms with Gasteiger partial charge in [0.2, 0.25) is 0 Å². The van der Waals surface area contributed by atoms with Gasteiger partial charge in [-0.3, -0.25) is 9.59 Å². The summed E-state index contributed by atoms with van der Waals surface area (Å²) in [5, 5.41) is 5.29. The van der Waals surface area contributed by atoms with E-state index in [0.717, 1.165) is 6.26 Å². The van der Waals surface area contributed by atoms with Crippen LogP contribution in [0.1, 0.15) is 20.7 Å². The highest BCUT2D eigenvalue weighted by Crippen LogP contribution is 2.23. The highest BCUT2D eigenvalue weighted by Gasteiger charge is 2.17. The summed E-state index contributed by atoms with van der Waals surface area (Å²) in [4.78, 5) is 24.5. The van der Waals surface area contributed by atoms with Gasteiger partial charge in [-0.05, 0) is 30.3 Å². The first-order valence-electron chi connectivity index (χ1n) is 7.53. The van der Waals surface area contributed by atoms with Crippen molar-refractivity contribution in [1.29, 1.82) is 0 Å². The lowest BCUT2D eigenvalue weighted by molar-refractivity contribution is 0.0959. The van der Waals surface area contributed by atoms with E-state index < -0.39 is 15.7 Å². The van der Waals surface area contributed by atoms with Crippen LogP contribution >= 0.6 is 11.6 Å². The lowest BCUT2D eigenvalue weighted by Gasteiger charge is -2.11. The molecule has 0 spiro atoms. The second kappa shape index (κ2) is 8.16. The third-order valence-corrected chi connectivity index (χ3v) is 5.00. The minimum Gasteiger partial charge on any atom is -0.349 e. The third kappa shape index (κ3) is 4.71. The summed E-state index contributed by atoms with van der Waals surface area (Å²) < 4.78 is 23.5. The van der Waals surface area contributed by atoms with E-state index in [0.29, 0.717) is 5.69 Å². The molecule has 0 aliphatic carbocycles. The molecule has 0 heterocycles. The maximum atomic E-state index is 12.5. The van der Waals surface area contributed by atoms with E-state index in [4.69, 9.17) is 11.6 Å². The van der Waals surface area contributed by atoms with Crippen LogP contribution in [-0.2, 0) is 9.84 Å². The van der Waals surface area contributed by atoms with Gasteiger partial charge in [0.25, 0.3) is 11.8 Å². The number of rotatable bonds is 6. The number of hydrogen-bond donors (Lipinski definition) is 2. The second-order valence-electron chi connectivity index (χ2n) is 5.42. The first-order valence-corrected chi connectivity index (χ1v) is 9.80. The molecule has 0 saturated heterocycles. The smallest absolute Gasteiger partial charge is 0.255 e. The summed E-state index contributed by atoms with van der Waals surface area (Å²) in [6.45, 7) is 3.82. The number of hydrogen-bond acceptors (Lipinski definition) is 4. The van der Waals surface area contributed by atoms with Crippen molar-refractivity contribution in [2.24, 2.45) is 0 Å². The van der Waals surface area contributed by atoms with Crippen LogP contribution in [0.4, 0.5) is 5.69 Å². The van der Waals surface area contributed by atoms with Gasteiger partial charge in [0.15, 0.2) is 9.84 Å². The Bertz CT molecular complexity index is 971. The molecule has 0 unspecified atom stereocenters. The fraction of sp³-hybridized carbons (Fsp3) is 0.111. The maximum Gasteiger partial charge on any atom is 0.255 e. The zero-order chi connectivity index (χ0) is 19.3. The zero-order valence-electron chi connectivity index (χ0n) is 14.0. The van der Waals surface area contributed by atoms with Gasteiger partial charge in [-0.15, -0.1) is 6.58 Å². The minimum atomic E-state index is -3.58. The van der Waals surface area contributed by atoms with Crippen molar-refractivity contribution < 1.29 is 18.0 Å². The van der Waals surface area contributed by atoms with Gasteiger partial charge in [-0.25, -0.2) is 8.42 Å². The number of halogens is 1. The third-order valence-electron chi connectivity index (χ3n) is 3.42. The summed E-state index contributed by atoms with van der Waals surface area (Å²) in [6.07, 6.45) is 2.55. The van der Waals surface area contributed by atoms with Crippen LogP contribution in [0.15, 0.2) is 60.0 Å². The number of anilines is 1. The summed E-state index contributed by atoms with van der Waals surface area (Å²) in [5.74, 6) is -0.927. The molecule has 136 valence electrons. The van der Waals surface area contributed by atoms with Crippen LogP contribution in [0.3, 0.4) is 0 Å². The quantitative estimate of drug-likeness (QED) is 0.739. The fourth-order valence-corrected chi connectivity index (χ4v) is 3.47. The van der Waals surface area contributed by atoms with Gasteiger partial charge >= 0.3 is 0 Å². The maximum absolute atomic E-state index is 12.5. The van der Waals surface area contributed by atoms with Crippen molar-refractivity contribution >= 4 is 38.9 Å². The average Bonchev–Trinajstić information content (AvgIpc) is 2.59. The largest absolute Gasteiger partial charge is 0.349 e. The Balaban J connectivity index is 2.32. The molecule has 8 heteroatoms. The Labute approximate surface area is 156 Å². The molecule has 0 atom stereocenters. The monoisotopic (exact) mass is 392 g/mol. The van der Waals surface area contributed by atoms with Crippen molar-refractivity contribution in [2.45, 2.75) is 4.90 Å². The van der Waals surface area contributed by atoms with E-state index in [1.54, 1.807) is 30.3 Å². The van der Waals surface area contributed by atoms with E-state index in [1.165, 1.54) is 18.2 Å². The molecule has 0 bridgehead atoms. The van der Waals surface area contributed by atoms with Crippen LogP contribution < -0.4 is 10.6 Å². The summed E-state index contributed by atoms with van der Waals surface area (Å²) in [7, 11) is -3.58. The number of carbonyl (C=O) groups is 2. The molecular weight excluding hydrogens is 376 g/mol. The first-order chi connectivity index (χ1) is 12.2. The molecule has 2 amide bonds. The molecule has 6 nitrogen and oxygen atoms in total. The molecule has 0 saturated carbocycles. The lowest BCUT2D eigenvalue weighted by Crippen LogP contribution is -2.25. The fourth-order valence-electron chi connectivity index (χ4n) is 2.17. The van der Waals surface area contributed by atoms with Crippen molar-refractivity contribution in [3.8, 4) is 0 Å². The number of carbonyl (C=O) groups excluding carboxylic acids is 2.